The number of halogens is 2. The average Bonchev–Trinajstić information content (AvgIpc) is 3.29. The number of rotatable bonds is 2. The maximum atomic E-state index is 13.9. The molecule has 166 valence electrons. The number of hydrogen-bond acceptors (Lipinski definition) is 3. The van der Waals surface area contributed by atoms with Crippen LogP contribution >= 0.6 is 0 Å². The molecule has 3 aromatic carbocycles. The number of fused-ring (bicyclic) bond motifs is 3. The zero-order chi connectivity index (χ0) is 22.9. The summed E-state index contributed by atoms with van der Waals surface area (Å²) in [6.07, 6.45) is 0.737. The third kappa shape index (κ3) is 3.96. The molecule has 5 rings (SSSR count). The van der Waals surface area contributed by atoms with Crippen molar-refractivity contribution in [1.82, 2.24) is 4.90 Å². The number of likely N-dealkylation sites (tertiary alicyclic amines) is 1. The smallest absolute Gasteiger partial charge is 0.254 e. The predicted octanol–water partition coefficient (Wildman–Crippen LogP) is 4.35. The molecule has 2 heterocycles. The predicted molar refractivity (Wildman–Crippen MR) is 122 cm³/mol. The summed E-state index contributed by atoms with van der Waals surface area (Å²) < 4.78 is 27.3. The third-order valence-corrected chi connectivity index (χ3v) is 6.44. The Hall–Kier alpha value is -3.69. The highest BCUT2D eigenvalue weighted by atomic mass is 19.1. The van der Waals surface area contributed by atoms with E-state index in [4.69, 9.17) is 0 Å². The van der Waals surface area contributed by atoms with Gasteiger partial charge in [0.1, 0.15) is 11.6 Å². The molecule has 6 heteroatoms. The van der Waals surface area contributed by atoms with E-state index in [0.29, 0.717) is 23.2 Å². The van der Waals surface area contributed by atoms with Gasteiger partial charge in [-0.1, -0.05) is 24.0 Å². The van der Waals surface area contributed by atoms with Crippen molar-refractivity contribution in [1.29, 1.82) is 0 Å². The first kappa shape index (κ1) is 21.2. The third-order valence-electron chi connectivity index (χ3n) is 6.44. The molecular weight excluding hydrogens is 422 g/mol. The lowest BCUT2D eigenvalue weighted by Crippen LogP contribution is -2.42. The Kier molecular flexibility index (Phi) is 5.57. The van der Waals surface area contributed by atoms with Crippen LogP contribution in [0, 0.1) is 29.4 Å². The minimum Gasteiger partial charge on any atom is -0.394 e. The lowest BCUT2D eigenvalue weighted by atomic mass is 9.82. The second-order valence-electron chi connectivity index (χ2n) is 8.37. The fraction of sp³-hybridized carbons (Fsp3) is 0.222. The molecule has 0 aliphatic carbocycles. The van der Waals surface area contributed by atoms with Crippen molar-refractivity contribution in [3.05, 3.63) is 101 Å². The molecule has 0 unspecified atom stereocenters. The van der Waals surface area contributed by atoms with Crippen LogP contribution in [0.15, 0.2) is 66.7 Å². The van der Waals surface area contributed by atoms with Crippen LogP contribution in [0.4, 0.5) is 14.5 Å². The van der Waals surface area contributed by atoms with Crippen LogP contribution in [-0.2, 0) is 0 Å². The molecule has 0 saturated carbocycles. The zero-order valence-corrected chi connectivity index (χ0v) is 17.8. The number of aliphatic hydroxyl groups is 1. The lowest BCUT2D eigenvalue weighted by Gasteiger charge is -2.39. The number of benzene rings is 3. The summed E-state index contributed by atoms with van der Waals surface area (Å²) in [6.45, 7) is 0.488. The summed E-state index contributed by atoms with van der Waals surface area (Å²) in [6, 6.07) is 17.1. The molecule has 1 saturated heterocycles. The highest BCUT2D eigenvalue weighted by molar-refractivity contribution is 5.95. The number of hydrogen-bond donors (Lipinski definition) is 2. The summed E-state index contributed by atoms with van der Waals surface area (Å²) in [5, 5.41) is 13.4. The Labute approximate surface area is 190 Å². The van der Waals surface area contributed by atoms with Crippen LogP contribution < -0.4 is 5.32 Å². The summed E-state index contributed by atoms with van der Waals surface area (Å²) in [7, 11) is 0. The van der Waals surface area contributed by atoms with Crippen molar-refractivity contribution in [2.45, 2.75) is 18.5 Å². The summed E-state index contributed by atoms with van der Waals surface area (Å²) >= 11 is 0. The quantitative estimate of drug-likeness (QED) is 0.578. The van der Waals surface area contributed by atoms with Gasteiger partial charge in [0.2, 0.25) is 0 Å². The molecule has 0 spiro atoms. The minimum absolute atomic E-state index is 0.0293. The second kappa shape index (κ2) is 8.68. The fourth-order valence-corrected chi connectivity index (χ4v) is 4.83. The van der Waals surface area contributed by atoms with Gasteiger partial charge in [0.15, 0.2) is 0 Å². The van der Waals surface area contributed by atoms with Gasteiger partial charge in [0, 0.05) is 29.3 Å². The van der Waals surface area contributed by atoms with E-state index >= 15 is 0 Å². The monoisotopic (exact) mass is 444 g/mol. The molecule has 3 atom stereocenters. The Morgan fingerprint density at radius 3 is 2.61 bits per heavy atom. The van der Waals surface area contributed by atoms with Crippen molar-refractivity contribution in [2.24, 2.45) is 5.92 Å². The molecule has 33 heavy (non-hydrogen) atoms. The Balaban J connectivity index is 1.52. The van der Waals surface area contributed by atoms with Crippen LogP contribution in [0.5, 0.6) is 0 Å². The van der Waals surface area contributed by atoms with Crippen LogP contribution in [0.25, 0.3) is 0 Å². The number of amides is 1. The molecule has 1 fully saturated rings. The largest absolute Gasteiger partial charge is 0.394 e. The number of nitrogens with zero attached hydrogens (tertiary/aromatic N) is 1. The summed E-state index contributed by atoms with van der Waals surface area (Å²) in [5.74, 6) is 5.00. The van der Waals surface area contributed by atoms with E-state index in [0.717, 1.165) is 17.7 Å². The Morgan fingerprint density at radius 1 is 1.06 bits per heavy atom. The minimum atomic E-state index is -0.392. The van der Waals surface area contributed by atoms with E-state index in [1.807, 2.05) is 18.2 Å². The van der Waals surface area contributed by atoms with Crippen LogP contribution in [0.1, 0.15) is 39.5 Å². The van der Waals surface area contributed by atoms with Crippen molar-refractivity contribution >= 4 is 11.6 Å². The highest BCUT2D eigenvalue weighted by Crippen LogP contribution is 2.47. The molecule has 4 nitrogen and oxygen atoms in total. The normalized spacial score (nSPS) is 20.8. The number of nitrogens with one attached hydrogen (secondary N) is 1. The zero-order valence-electron chi connectivity index (χ0n) is 17.8. The van der Waals surface area contributed by atoms with E-state index in [1.54, 1.807) is 23.1 Å². The molecule has 0 radical (unpaired) electrons. The van der Waals surface area contributed by atoms with Gasteiger partial charge in [-0.25, -0.2) is 8.78 Å². The van der Waals surface area contributed by atoms with Crippen molar-refractivity contribution in [2.75, 3.05) is 18.5 Å². The molecule has 3 aromatic rings. The molecule has 1 amide bonds. The maximum absolute atomic E-state index is 13.9. The number of aliphatic hydroxyl groups excluding tert-OH is 1. The van der Waals surface area contributed by atoms with Gasteiger partial charge in [-0.3, -0.25) is 4.79 Å². The van der Waals surface area contributed by atoms with E-state index in [1.165, 1.54) is 30.3 Å². The molecule has 2 N–H and O–H groups in total. The molecular formula is C27H22F2N2O2. The molecule has 0 bridgehead atoms. The summed E-state index contributed by atoms with van der Waals surface area (Å²) in [5.41, 5.74) is 3.21. The standard InChI is InChI=1S/C27H22F2N2O2/c28-20-10-8-19(9-11-20)27(33)31-14-13-21-25(16-32)30-24-12-6-17(15-22(24)26(21)31)5-7-18-3-1-2-4-23(18)29/h1-4,6,8-12,15,21,25-26,30,32H,13-14,16H2/t21-,25-,26-/m1/s1. The topological polar surface area (TPSA) is 52.6 Å². The molecule has 2 aliphatic heterocycles. The van der Waals surface area contributed by atoms with Crippen molar-refractivity contribution in [3.8, 4) is 11.8 Å². The molecule has 2 aliphatic rings. The molecule has 0 aromatic heterocycles. The second-order valence-corrected chi connectivity index (χ2v) is 8.37. The first-order chi connectivity index (χ1) is 16.0. The number of anilines is 1. The van der Waals surface area contributed by atoms with E-state index in [2.05, 4.69) is 17.2 Å². The van der Waals surface area contributed by atoms with Crippen molar-refractivity contribution in [3.63, 3.8) is 0 Å². The maximum Gasteiger partial charge on any atom is 0.254 e. The van der Waals surface area contributed by atoms with Gasteiger partial charge < -0.3 is 15.3 Å². The average molecular weight is 444 g/mol. The van der Waals surface area contributed by atoms with Gasteiger partial charge >= 0.3 is 0 Å². The van der Waals surface area contributed by atoms with Gasteiger partial charge in [0.05, 0.1) is 24.3 Å². The van der Waals surface area contributed by atoms with Gasteiger partial charge in [-0.05, 0) is 66.6 Å². The van der Waals surface area contributed by atoms with Gasteiger partial charge in [-0.2, -0.15) is 0 Å². The first-order valence-corrected chi connectivity index (χ1v) is 10.9. The van der Waals surface area contributed by atoms with Crippen molar-refractivity contribution < 1.29 is 18.7 Å². The van der Waals surface area contributed by atoms with Crippen LogP contribution in [0.2, 0.25) is 0 Å². The number of carbonyl (C=O) groups is 1. The van der Waals surface area contributed by atoms with E-state index in [-0.39, 0.29) is 36.3 Å². The fourth-order valence-electron chi connectivity index (χ4n) is 4.83. The lowest BCUT2D eigenvalue weighted by molar-refractivity contribution is 0.0701. The van der Waals surface area contributed by atoms with Crippen LogP contribution in [0.3, 0.4) is 0 Å². The summed E-state index contributed by atoms with van der Waals surface area (Å²) in [4.78, 5) is 15.1. The van der Waals surface area contributed by atoms with Gasteiger partial charge in [0.25, 0.3) is 5.91 Å². The van der Waals surface area contributed by atoms with E-state index in [9.17, 15) is 18.7 Å². The van der Waals surface area contributed by atoms with Crippen LogP contribution in [-0.4, -0.2) is 35.1 Å². The Bertz CT molecular complexity index is 1260. The highest BCUT2D eigenvalue weighted by Gasteiger charge is 2.45. The Morgan fingerprint density at radius 2 is 1.85 bits per heavy atom. The van der Waals surface area contributed by atoms with E-state index < -0.39 is 5.82 Å². The van der Waals surface area contributed by atoms with Gasteiger partial charge in [-0.15, -0.1) is 0 Å². The SMILES string of the molecule is O=C(c1ccc(F)cc1)N1CC[C@@H]2[C@@H](CO)Nc3ccc(C#Cc4ccccc4F)cc3[C@@H]21. The number of carbonyl (C=O) groups excluding carboxylic acids is 1. The first-order valence-electron chi connectivity index (χ1n) is 10.9.